The third kappa shape index (κ3) is 4.32. The number of hydrogen-bond donors (Lipinski definition) is 3. The van der Waals surface area contributed by atoms with Gasteiger partial charge in [-0.05, 0) is 31.2 Å². The highest BCUT2D eigenvalue weighted by molar-refractivity contribution is 5.97. The van der Waals surface area contributed by atoms with E-state index >= 15 is 0 Å². The lowest BCUT2D eigenvalue weighted by Gasteiger charge is -2.31. The predicted octanol–water partition coefficient (Wildman–Crippen LogP) is 5.12. The quantitative estimate of drug-likeness (QED) is 0.474. The van der Waals surface area contributed by atoms with Gasteiger partial charge in [-0.2, -0.15) is 0 Å². The number of rotatable bonds is 0. The Morgan fingerprint density at radius 2 is 1.21 bits per heavy atom. The molecule has 0 atom stereocenters. The van der Waals surface area contributed by atoms with Gasteiger partial charge in [-0.3, -0.25) is 0 Å². The van der Waals surface area contributed by atoms with Crippen molar-refractivity contribution in [1.29, 1.82) is 0 Å². The van der Waals surface area contributed by atoms with Crippen LogP contribution in [0.4, 0.5) is 11.4 Å². The van der Waals surface area contributed by atoms with Crippen molar-refractivity contribution in [3.63, 3.8) is 0 Å². The van der Waals surface area contributed by atoms with Gasteiger partial charge in [0, 0.05) is 29.5 Å². The molecule has 0 aliphatic carbocycles. The van der Waals surface area contributed by atoms with Gasteiger partial charge in [0.15, 0.2) is 0 Å². The van der Waals surface area contributed by atoms with Crippen molar-refractivity contribution in [3.8, 4) is 5.75 Å². The highest BCUT2D eigenvalue weighted by Gasteiger charge is 2.26. The van der Waals surface area contributed by atoms with Crippen LogP contribution < -0.4 is 4.90 Å². The average molecular weight is 377 g/mol. The summed E-state index contributed by atoms with van der Waals surface area (Å²) in [7, 11) is 1.98. The lowest BCUT2D eigenvalue weighted by atomic mass is 9.91. The first-order valence-electron chi connectivity index (χ1n) is 8.58. The molecule has 3 aromatic rings. The van der Waals surface area contributed by atoms with Crippen molar-refractivity contribution in [3.05, 3.63) is 95.4 Å². The summed E-state index contributed by atoms with van der Waals surface area (Å²) in [6, 6.07) is 22.5. The van der Waals surface area contributed by atoms with Crippen LogP contribution in [0.5, 0.6) is 5.75 Å². The molecule has 0 unspecified atom stereocenters. The zero-order valence-corrected chi connectivity index (χ0v) is 15.8. The van der Waals surface area contributed by atoms with Crippen molar-refractivity contribution in [2.75, 3.05) is 11.9 Å². The van der Waals surface area contributed by atoms with Gasteiger partial charge in [0.2, 0.25) is 0 Å². The number of fused-ring (bicyclic) bond motifs is 2. The summed E-state index contributed by atoms with van der Waals surface area (Å²) in [5.74, 6) is -0.307. The second-order valence-electron chi connectivity index (χ2n) is 6.13. The van der Waals surface area contributed by atoms with Gasteiger partial charge in [-0.15, -0.1) is 0 Å². The summed E-state index contributed by atoms with van der Waals surface area (Å²) in [5, 5.41) is 27.9. The lowest BCUT2D eigenvalue weighted by molar-refractivity contribution is -0.0980. The number of phenols is 1. The third-order valence-electron chi connectivity index (χ3n) is 4.33. The Hall–Kier alpha value is -3.73. The van der Waals surface area contributed by atoms with Crippen LogP contribution in [0.1, 0.15) is 16.7 Å². The number of anilines is 2. The molecular weight excluding hydrogens is 354 g/mol. The highest BCUT2D eigenvalue weighted by Crippen LogP contribution is 2.44. The maximum absolute atomic E-state index is 9.57. The molecule has 0 bridgehead atoms. The van der Waals surface area contributed by atoms with E-state index in [9.17, 15) is 10.2 Å². The largest absolute Gasteiger partial charge is 0.508 e. The molecule has 28 heavy (non-hydrogen) atoms. The average Bonchev–Trinajstić information content (AvgIpc) is 2.72. The summed E-state index contributed by atoms with van der Waals surface area (Å²) >= 11 is 0. The van der Waals surface area contributed by atoms with Crippen molar-refractivity contribution in [2.45, 2.75) is 6.92 Å². The summed E-state index contributed by atoms with van der Waals surface area (Å²) < 4.78 is 0. The van der Waals surface area contributed by atoms with Gasteiger partial charge >= 0.3 is 0 Å². The Bertz CT molecular complexity index is 890. The van der Waals surface area contributed by atoms with Crippen molar-refractivity contribution < 1.29 is 20.1 Å². The minimum absolute atomic E-state index is 0.329. The Labute approximate surface area is 164 Å². The summed E-state index contributed by atoms with van der Waals surface area (Å²) in [6.07, 6.45) is 0. The molecule has 0 saturated carbocycles. The Morgan fingerprint density at radius 1 is 0.786 bits per heavy atom. The molecule has 0 fully saturated rings. The molecule has 0 aromatic heterocycles. The van der Waals surface area contributed by atoms with E-state index in [4.69, 9.17) is 9.90 Å². The summed E-state index contributed by atoms with van der Waals surface area (Å²) in [4.78, 5) is 10.1. The van der Waals surface area contributed by atoms with E-state index in [1.807, 2.05) is 81.4 Å². The molecule has 0 spiro atoms. The fourth-order valence-electron chi connectivity index (χ4n) is 3.02. The van der Waals surface area contributed by atoms with E-state index in [0.717, 1.165) is 22.5 Å². The fourth-order valence-corrected chi connectivity index (χ4v) is 3.02. The molecule has 1 aliphatic heterocycles. The van der Waals surface area contributed by atoms with Gasteiger partial charge in [0.05, 0.1) is 5.57 Å². The minimum Gasteiger partial charge on any atom is -0.508 e. The maximum atomic E-state index is 9.57. The van der Waals surface area contributed by atoms with E-state index < -0.39 is 5.95 Å². The number of nitrogens with zero attached hydrogens (tertiary/aromatic N) is 1. The van der Waals surface area contributed by atoms with Gasteiger partial charge in [-0.1, -0.05) is 54.1 Å². The number of benzene rings is 3. The number of aromatic hydroxyl groups is 1. The SMILES string of the molecule is C=O.CN1c2ccccc2C(=C(O)O)c2ccccc21.Cc1ccc(O)cc1. The molecular formula is C23H23NO4. The highest BCUT2D eigenvalue weighted by atomic mass is 16.5. The Balaban J connectivity index is 0.000000236. The van der Waals surface area contributed by atoms with Crippen molar-refractivity contribution in [1.82, 2.24) is 0 Å². The number of aliphatic hydroxyl groups is 2. The molecule has 0 radical (unpaired) electrons. The molecule has 5 nitrogen and oxygen atoms in total. The molecule has 0 saturated heterocycles. The smallest absolute Gasteiger partial charge is 0.283 e. The fraction of sp³-hybridized carbons (Fsp3) is 0.0870. The van der Waals surface area contributed by atoms with E-state index in [1.54, 1.807) is 12.1 Å². The van der Waals surface area contributed by atoms with Gasteiger partial charge in [0.1, 0.15) is 12.5 Å². The second-order valence-corrected chi connectivity index (χ2v) is 6.13. The van der Waals surface area contributed by atoms with Crippen LogP contribution in [-0.2, 0) is 4.79 Å². The number of carbonyl (C=O) groups is 1. The normalized spacial score (nSPS) is 11.1. The maximum Gasteiger partial charge on any atom is 0.283 e. The van der Waals surface area contributed by atoms with Crippen LogP contribution >= 0.6 is 0 Å². The number of para-hydroxylation sites is 2. The second kappa shape index (κ2) is 9.28. The topological polar surface area (TPSA) is 81.0 Å². The lowest BCUT2D eigenvalue weighted by Crippen LogP contribution is -2.18. The molecule has 3 aromatic carbocycles. The predicted molar refractivity (Wildman–Crippen MR) is 112 cm³/mol. The van der Waals surface area contributed by atoms with E-state index in [2.05, 4.69) is 4.90 Å². The van der Waals surface area contributed by atoms with Crippen molar-refractivity contribution in [2.24, 2.45) is 0 Å². The number of aliphatic hydroxyl groups excluding tert-OH is 1. The number of aryl methyl sites for hydroxylation is 1. The first-order chi connectivity index (χ1) is 13.5. The van der Waals surface area contributed by atoms with Gasteiger partial charge in [-0.25, -0.2) is 0 Å². The van der Waals surface area contributed by atoms with Crippen LogP contribution in [0, 0.1) is 6.92 Å². The molecule has 144 valence electrons. The molecule has 1 heterocycles. The van der Waals surface area contributed by atoms with Crippen LogP contribution in [0.25, 0.3) is 5.57 Å². The summed E-state index contributed by atoms with van der Waals surface area (Å²) in [6.45, 7) is 3.99. The van der Waals surface area contributed by atoms with Crippen LogP contribution in [-0.4, -0.2) is 29.2 Å². The molecule has 0 amide bonds. The van der Waals surface area contributed by atoms with E-state index in [1.165, 1.54) is 5.56 Å². The first kappa shape index (κ1) is 20.6. The Morgan fingerprint density at radius 3 is 1.61 bits per heavy atom. The van der Waals surface area contributed by atoms with E-state index in [-0.39, 0.29) is 0 Å². The summed E-state index contributed by atoms with van der Waals surface area (Å²) in [5.41, 5.74) is 5.25. The van der Waals surface area contributed by atoms with Crippen LogP contribution in [0.15, 0.2) is 78.7 Å². The third-order valence-corrected chi connectivity index (χ3v) is 4.33. The van der Waals surface area contributed by atoms with Gasteiger partial charge in [0.25, 0.3) is 5.95 Å². The molecule has 5 heteroatoms. The zero-order valence-electron chi connectivity index (χ0n) is 15.8. The zero-order chi connectivity index (χ0) is 20.7. The number of phenolic OH excluding ortho intramolecular Hbond substituents is 1. The standard InChI is InChI=1S/C15H13NO2.C7H8O.CH2O/c1-16-12-8-4-2-6-10(12)14(15(17)18)11-7-3-5-9-13(11)16;1-6-2-4-7(8)5-3-6;1-2/h2-9,17-18H,1H3;2-5,8H,1H3;1H2. The Kier molecular flexibility index (Phi) is 6.82. The van der Waals surface area contributed by atoms with Gasteiger partial charge < -0.3 is 25.0 Å². The monoisotopic (exact) mass is 377 g/mol. The molecule has 4 rings (SSSR count). The van der Waals surface area contributed by atoms with E-state index in [0.29, 0.717) is 11.3 Å². The molecule has 3 N–H and O–H groups in total. The number of hydrogen-bond acceptors (Lipinski definition) is 5. The van der Waals surface area contributed by atoms with Crippen LogP contribution in [0.3, 0.4) is 0 Å². The first-order valence-corrected chi connectivity index (χ1v) is 8.58. The molecule has 1 aliphatic rings. The minimum atomic E-state index is -0.636. The number of carbonyl (C=O) groups excluding carboxylic acids is 1. The van der Waals surface area contributed by atoms with Crippen molar-refractivity contribution >= 4 is 23.7 Å². The van der Waals surface area contributed by atoms with Crippen LogP contribution in [0.2, 0.25) is 0 Å².